The first kappa shape index (κ1) is 12.7. The third-order valence-corrected chi connectivity index (χ3v) is 3.07. The summed E-state index contributed by atoms with van der Waals surface area (Å²) in [6.45, 7) is 8.04. The molecule has 1 rings (SSSR count). The predicted molar refractivity (Wildman–Crippen MR) is 65.1 cm³/mol. The van der Waals surface area contributed by atoms with Gasteiger partial charge in [-0.25, -0.2) is 0 Å². The van der Waals surface area contributed by atoms with E-state index < -0.39 is 0 Å². The molecule has 1 N–H and O–H groups in total. The number of allylic oxidation sites excluding steroid dienone is 1. The Hall–Kier alpha value is -0.340. The van der Waals surface area contributed by atoms with Crippen LogP contribution in [0, 0.1) is 0 Å². The maximum Gasteiger partial charge on any atom is 0.0726 e. The van der Waals surface area contributed by atoms with Crippen LogP contribution in [0.5, 0.6) is 0 Å². The Balaban J connectivity index is 1.92. The minimum atomic E-state index is 0.457. The molecule has 1 aliphatic rings. The van der Waals surface area contributed by atoms with E-state index in [1.165, 1.54) is 32.1 Å². The van der Waals surface area contributed by atoms with Gasteiger partial charge in [0, 0.05) is 12.6 Å². The number of hydrogen-bond acceptors (Lipinski definition) is 2. The highest BCUT2D eigenvalue weighted by molar-refractivity contribution is 4.76. The van der Waals surface area contributed by atoms with Crippen LogP contribution in [-0.2, 0) is 4.74 Å². The summed E-state index contributed by atoms with van der Waals surface area (Å²) in [5.41, 5.74) is 0. The monoisotopic (exact) mass is 211 g/mol. The second-order valence-electron chi connectivity index (χ2n) is 4.43. The largest absolute Gasteiger partial charge is 0.377 e. The van der Waals surface area contributed by atoms with Gasteiger partial charge in [0.05, 0.1) is 6.10 Å². The number of unbranched alkanes of at least 4 members (excludes halogenated alkanes) is 3. The molecule has 2 atom stereocenters. The van der Waals surface area contributed by atoms with Gasteiger partial charge in [0.25, 0.3) is 0 Å². The molecule has 15 heavy (non-hydrogen) atoms. The molecule has 0 bridgehead atoms. The summed E-state index contributed by atoms with van der Waals surface area (Å²) in [6, 6.07) is 0.520. The van der Waals surface area contributed by atoms with Crippen LogP contribution in [0.2, 0.25) is 0 Å². The molecule has 0 aliphatic carbocycles. The van der Waals surface area contributed by atoms with Crippen molar-refractivity contribution in [1.82, 2.24) is 5.32 Å². The fraction of sp³-hybridized carbons (Fsp3) is 0.846. The average molecular weight is 211 g/mol. The lowest BCUT2D eigenvalue weighted by Crippen LogP contribution is -2.37. The summed E-state index contributed by atoms with van der Waals surface area (Å²) < 4.78 is 5.63. The highest BCUT2D eigenvalue weighted by atomic mass is 16.5. The van der Waals surface area contributed by atoms with E-state index in [1.54, 1.807) is 0 Å². The van der Waals surface area contributed by atoms with E-state index in [0.29, 0.717) is 12.1 Å². The van der Waals surface area contributed by atoms with Crippen molar-refractivity contribution in [2.75, 3.05) is 13.2 Å². The highest BCUT2D eigenvalue weighted by Gasteiger charge is 2.21. The van der Waals surface area contributed by atoms with Gasteiger partial charge in [-0.2, -0.15) is 0 Å². The van der Waals surface area contributed by atoms with Gasteiger partial charge in [-0.3, -0.25) is 0 Å². The number of rotatable bonds is 8. The quantitative estimate of drug-likeness (QED) is 0.492. The third-order valence-electron chi connectivity index (χ3n) is 3.07. The van der Waals surface area contributed by atoms with Crippen LogP contribution in [0.15, 0.2) is 12.7 Å². The van der Waals surface area contributed by atoms with Crippen LogP contribution < -0.4 is 5.32 Å². The zero-order chi connectivity index (χ0) is 10.9. The molecule has 0 amide bonds. The van der Waals surface area contributed by atoms with Gasteiger partial charge in [-0.05, 0) is 45.6 Å². The van der Waals surface area contributed by atoms with Crippen molar-refractivity contribution in [1.29, 1.82) is 0 Å². The Bertz CT molecular complexity index is 164. The second-order valence-corrected chi connectivity index (χ2v) is 4.43. The summed E-state index contributed by atoms with van der Waals surface area (Å²) in [4.78, 5) is 0. The summed E-state index contributed by atoms with van der Waals surface area (Å²) >= 11 is 0. The molecule has 0 aromatic carbocycles. The van der Waals surface area contributed by atoms with Gasteiger partial charge in [0.2, 0.25) is 0 Å². The van der Waals surface area contributed by atoms with Gasteiger partial charge in [-0.15, -0.1) is 6.58 Å². The minimum absolute atomic E-state index is 0.457. The number of nitrogens with one attached hydrogen (secondary N) is 1. The fourth-order valence-corrected chi connectivity index (χ4v) is 2.05. The lowest BCUT2D eigenvalue weighted by molar-refractivity contribution is 0.0836. The zero-order valence-corrected chi connectivity index (χ0v) is 10.0. The molecule has 2 unspecified atom stereocenters. The fourth-order valence-electron chi connectivity index (χ4n) is 2.05. The summed E-state index contributed by atoms with van der Waals surface area (Å²) in [6.07, 6.45) is 9.92. The lowest BCUT2D eigenvalue weighted by atomic mass is 10.1. The van der Waals surface area contributed by atoms with Crippen LogP contribution in [0.3, 0.4) is 0 Å². The van der Waals surface area contributed by atoms with Crippen molar-refractivity contribution in [3.05, 3.63) is 12.7 Å². The van der Waals surface area contributed by atoms with Crippen molar-refractivity contribution in [2.24, 2.45) is 0 Å². The van der Waals surface area contributed by atoms with E-state index >= 15 is 0 Å². The maximum absolute atomic E-state index is 5.63. The molecule has 0 aromatic heterocycles. The second kappa shape index (κ2) is 7.89. The van der Waals surface area contributed by atoms with E-state index in [1.807, 2.05) is 6.08 Å². The first-order valence-electron chi connectivity index (χ1n) is 6.30. The normalized spacial score (nSPS) is 22.9. The van der Waals surface area contributed by atoms with E-state index in [-0.39, 0.29) is 0 Å². The molecule has 1 aliphatic heterocycles. The molecule has 1 heterocycles. The molecule has 88 valence electrons. The predicted octanol–water partition coefficient (Wildman–Crippen LogP) is 2.89. The topological polar surface area (TPSA) is 21.3 Å². The van der Waals surface area contributed by atoms with Gasteiger partial charge in [0.15, 0.2) is 0 Å². The molecule has 2 nitrogen and oxygen atoms in total. The van der Waals surface area contributed by atoms with E-state index in [2.05, 4.69) is 18.8 Å². The lowest BCUT2D eigenvalue weighted by Gasteiger charge is -2.19. The van der Waals surface area contributed by atoms with Crippen molar-refractivity contribution in [3.8, 4) is 0 Å². The van der Waals surface area contributed by atoms with Crippen molar-refractivity contribution in [3.63, 3.8) is 0 Å². The number of ether oxygens (including phenoxy) is 1. The van der Waals surface area contributed by atoms with Crippen LogP contribution in [0.25, 0.3) is 0 Å². The Kier molecular flexibility index (Phi) is 6.69. The van der Waals surface area contributed by atoms with Gasteiger partial charge >= 0.3 is 0 Å². The highest BCUT2D eigenvalue weighted by Crippen LogP contribution is 2.15. The Morgan fingerprint density at radius 1 is 1.47 bits per heavy atom. The molecule has 1 saturated heterocycles. The Morgan fingerprint density at radius 2 is 2.33 bits per heavy atom. The van der Waals surface area contributed by atoms with Gasteiger partial charge in [-0.1, -0.05) is 12.5 Å². The molecule has 2 heteroatoms. The summed E-state index contributed by atoms with van der Waals surface area (Å²) in [5.74, 6) is 0. The van der Waals surface area contributed by atoms with Crippen LogP contribution >= 0.6 is 0 Å². The van der Waals surface area contributed by atoms with Gasteiger partial charge in [0.1, 0.15) is 0 Å². The smallest absolute Gasteiger partial charge is 0.0726 e. The Labute approximate surface area is 94.1 Å². The summed E-state index contributed by atoms with van der Waals surface area (Å²) in [7, 11) is 0. The molecular weight excluding hydrogens is 186 g/mol. The first-order valence-corrected chi connectivity index (χ1v) is 6.30. The van der Waals surface area contributed by atoms with E-state index in [0.717, 1.165) is 19.6 Å². The van der Waals surface area contributed by atoms with Crippen molar-refractivity contribution < 1.29 is 4.74 Å². The first-order chi connectivity index (χ1) is 7.34. The average Bonchev–Trinajstić information content (AvgIpc) is 2.76. The minimum Gasteiger partial charge on any atom is -0.377 e. The van der Waals surface area contributed by atoms with Crippen molar-refractivity contribution in [2.45, 2.75) is 57.6 Å². The molecular formula is C13H25NO. The standard InChI is InChI=1S/C13H25NO/c1-3-4-5-6-7-10-14-12(2)13-9-8-11-15-13/h3,12-14H,1,4-11H2,2H3. The Morgan fingerprint density at radius 3 is 3.00 bits per heavy atom. The van der Waals surface area contributed by atoms with E-state index in [9.17, 15) is 0 Å². The molecule has 0 aromatic rings. The molecule has 1 fully saturated rings. The van der Waals surface area contributed by atoms with Gasteiger partial charge < -0.3 is 10.1 Å². The van der Waals surface area contributed by atoms with Crippen molar-refractivity contribution >= 4 is 0 Å². The molecule has 0 spiro atoms. The SMILES string of the molecule is C=CCCCCCNC(C)C1CCCO1. The van der Waals surface area contributed by atoms with Crippen LogP contribution in [-0.4, -0.2) is 25.3 Å². The third kappa shape index (κ3) is 5.33. The van der Waals surface area contributed by atoms with Crippen LogP contribution in [0.1, 0.15) is 45.4 Å². The molecule has 0 radical (unpaired) electrons. The summed E-state index contributed by atoms with van der Waals surface area (Å²) in [5, 5.41) is 3.55. The van der Waals surface area contributed by atoms with Crippen LogP contribution in [0.4, 0.5) is 0 Å². The maximum atomic E-state index is 5.63. The zero-order valence-electron chi connectivity index (χ0n) is 10.0. The van der Waals surface area contributed by atoms with E-state index in [4.69, 9.17) is 4.74 Å². The number of hydrogen-bond donors (Lipinski definition) is 1. The molecule has 0 saturated carbocycles.